The van der Waals surface area contributed by atoms with Gasteiger partial charge in [0.1, 0.15) is 11.5 Å². The van der Waals surface area contributed by atoms with E-state index in [9.17, 15) is 4.79 Å². The van der Waals surface area contributed by atoms with Crippen molar-refractivity contribution in [1.29, 1.82) is 0 Å². The van der Waals surface area contributed by atoms with Gasteiger partial charge in [-0.1, -0.05) is 0 Å². The molecule has 0 unspecified atom stereocenters. The van der Waals surface area contributed by atoms with Crippen molar-refractivity contribution in [2.75, 3.05) is 7.05 Å². The molecule has 0 aliphatic rings. The number of amides is 1. The predicted molar refractivity (Wildman–Crippen MR) is 69.0 cm³/mol. The molecule has 6 nitrogen and oxygen atoms in total. The minimum Gasteiger partial charge on any atom is -0.469 e. The lowest BCUT2D eigenvalue weighted by atomic mass is 10.2. The van der Waals surface area contributed by atoms with E-state index in [-0.39, 0.29) is 5.91 Å². The van der Waals surface area contributed by atoms with Crippen LogP contribution in [-0.4, -0.2) is 17.9 Å². The van der Waals surface area contributed by atoms with Crippen molar-refractivity contribution in [1.82, 2.24) is 10.3 Å². The molecule has 0 spiro atoms. The Hall–Kier alpha value is -2.05. The molecule has 0 saturated carbocycles. The SMILES string of the molecule is Cc1occc1CN(C)Cc1occc1C(=O)NN. The van der Waals surface area contributed by atoms with Crippen LogP contribution in [0.25, 0.3) is 0 Å². The van der Waals surface area contributed by atoms with Crippen molar-refractivity contribution in [3.05, 3.63) is 47.3 Å². The van der Waals surface area contributed by atoms with Crippen LogP contribution >= 0.6 is 0 Å². The molecule has 2 aromatic heterocycles. The summed E-state index contributed by atoms with van der Waals surface area (Å²) >= 11 is 0. The van der Waals surface area contributed by atoms with Gasteiger partial charge in [0.2, 0.25) is 0 Å². The number of rotatable bonds is 5. The molecule has 0 atom stereocenters. The summed E-state index contributed by atoms with van der Waals surface area (Å²) in [6.45, 7) is 3.15. The van der Waals surface area contributed by atoms with Gasteiger partial charge in [0.25, 0.3) is 5.91 Å². The number of carbonyl (C=O) groups is 1. The summed E-state index contributed by atoms with van der Waals surface area (Å²) in [7, 11) is 1.94. The van der Waals surface area contributed by atoms with Crippen LogP contribution in [0, 0.1) is 6.92 Å². The average molecular weight is 263 g/mol. The fraction of sp³-hybridized carbons (Fsp3) is 0.308. The molecule has 1 amide bonds. The van der Waals surface area contributed by atoms with Crippen LogP contribution in [0.4, 0.5) is 0 Å². The van der Waals surface area contributed by atoms with Gasteiger partial charge in [-0.2, -0.15) is 0 Å². The summed E-state index contributed by atoms with van der Waals surface area (Å²) in [4.78, 5) is 13.6. The Bertz CT molecular complexity index is 559. The maximum absolute atomic E-state index is 11.5. The lowest BCUT2D eigenvalue weighted by Crippen LogP contribution is -2.31. The smallest absolute Gasteiger partial charge is 0.268 e. The summed E-state index contributed by atoms with van der Waals surface area (Å²) in [6, 6.07) is 3.54. The van der Waals surface area contributed by atoms with Gasteiger partial charge in [0.05, 0.1) is 24.6 Å². The molecular weight excluding hydrogens is 246 g/mol. The highest BCUT2D eigenvalue weighted by Gasteiger charge is 2.15. The maximum Gasteiger partial charge on any atom is 0.268 e. The Labute approximate surface area is 111 Å². The first-order valence-corrected chi connectivity index (χ1v) is 5.90. The van der Waals surface area contributed by atoms with E-state index in [0.717, 1.165) is 11.3 Å². The van der Waals surface area contributed by atoms with Gasteiger partial charge in [-0.05, 0) is 26.1 Å². The van der Waals surface area contributed by atoms with Crippen LogP contribution in [0.1, 0.15) is 27.4 Å². The van der Waals surface area contributed by atoms with Crippen LogP contribution in [0.3, 0.4) is 0 Å². The van der Waals surface area contributed by atoms with Crippen molar-refractivity contribution in [3.63, 3.8) is 0 Å². The van der Waals surface area contributed by atoms with E-state index in [1.165, 1.54) is 6.26 Å². The highest BCUT2D eigenvalue weighted by molar-refractivity contribution is 5.94. The third-order valence-electron chi connectivity index (χ3n) is 2.94. The van der Waals surface area contributed by atoms with Gasteiger partial charge in [-0.15, -0.1) is 0 Å². The molecule has 102 valence electrons. The number of nitrogens with one attached hydrogen (secondary N) is 1. The van der Waals surface area contributed by atoms with E-state index in [1.54, 1.807) is 12.3 Å². The number of hydrogen-bond donors (Lipinski definition) is 2. The number of nitrogen functional groups attached to an aromatic ring is 1. The monoisotopic (exact) mass is 263 g/mol. The van der Waals surface area contributed by atoms with Crippen molar-refractivity contribution < 1.29 is 13.6 Å². The van der Waals surface area contributed by atoms with Crippen LogP contribution in [0.2, 0.25) is 0 Å². The van der Waals surface area contributed by atoms with Gasteiger partial charge >= 0.3 is 0 Å². The Morgan fingerprint density at radius 3 is 2.68 bits per heavy atom. The third kappa shape index (κ3) is 3.04. The number of aryl methyl sites for hydroxylation is 1. The van der Waals surface area contributed by atoms with Gasteiger partial charge in [0, 0.05) is 12.1 Å². The molecule has 0 aliphatic carbocycles. The molecule has 2 aromatic rings. The number of furan rings is 2. The topological polar surface area (TPSA) is 84.6 Å². The summed E-state index contributed by atoms with van der Waals surface area (Å²) in [5.74, 6) is 6.26. The molecule has 19 heavy (non-hydrogen) atoms. The van der Waals surface area contributed by atoms with Crippen molar-refractivity contribution in [2.45, 2.75) is 20.0 Å². The number of nitrogens with zero attached hydrogens (tertiary/aromatic N) is 1. The summed E-state index contributed by atoms with van der Waals surface area (Å²) in [5.41, 5.74) is 3.67. The van der Waals surface area contributed by atoms with Gasteiger partial charge < -0.3 is 8.83 Å². The molecule has 2 heterocycles. The van der Waals surface area contributed by atoms with Gasteiger partial charge in [0.15, 0.2) is 0 Å². The standard InChI is InChI=1S/C13H17N3O3/c1-9-10(3-5-18-9)7-16(2)8-12-11(4-6-19-12)13(17)15-14/h3-6H,7-8,14H2,1-2H3,(H,15,17). The van der Waals surface area contributed by atoms with Crippen LogP contribution < -0.4 is 11.3 Å². The van der Waals surface area contributed by atoms with E-state index in [1.807, 2.05) is 24.9 Å². The molecule has 0 bridgehead atoms. The number of hydrazine groups is 1. The molecule has 6 heteroatoms. The average Bonchev–Trinajstić information content (AvgIpc) is 2.99. The highest BCUT2D eigenvalue weighted by Crippen LogP contribution is 2.16. The van der Waals surface area contributed by atoms with Gasteiger partial charge in [-0.25, -0.2) is 5.84 Å². The molecule has 0 radical (unpaired) electrons. The minimum atomic E-state index is -0.350. The summed E-state index contributed by atoms with van der Waals surface area (Å²) < 4.78 is 10.6. The molecule has 0 saturated heterocycles. The Balaban J connectivity index is 2.03. The molecule has 2 rings (SSSR count). The summed E-state index contributed by atoms with van der Waals surface area (Å²) in [5, 5.41) is 0. The number of carbonyl (C=O) groups excluding carboxylic acids is 1. The van der Waals surface area contributed by atoms with E-state index in [4.69, 9.17) is 14.7 Å². The van der Waals surface area contributed by atoms with E-state index < -0.39 is 0 Å². The minimum absolute atomic E-state index is 0.350. The van der Waals surface area contributed by atoms with E-state index in [2.05, 4.69) is 5.43 Å². The second-order valence-corrected chi connectivity index (χ2v) is 4.41. The Morgan fingerprint density at radius 1 is 1.32 bits per heavy atom. The molecular formula is C13H17N3O3. The van der Waals surface area contributed by atoms with Crippen LogP contribution in [-0.2, 0) is 13.1 Å². The van der Waals surface area contributed by atoms with Crippen molar-refractivity contribution in [2.24, 2.45) is 5.84 Å². The Kier molecular flexibility index (Phi) is 4.03. The first-order chi connectivity index (χ1) is 9.11. The second-order valence-electron chi connectivity index (χ2n) is 4.41. The normalized spacial score (nSPS) is 10.9. The zero-order chi connectivity index (χ0) is 13.8. The van der Waals surface area contributed by atoms with E-state index >= 15 is 0 Å². The van der Waals surface area contributed by atoms with Crippen LogP contribution in [0.15, 0.2) is 33.5 Å². The second kappa shape index (κ2) is 5.73. The lowest BCUT2D eigenvalue weighted by Gasteiger charge is -2.15. The molecule has 0 aromatic carbocycles. The zero-order valence-corrected chi connectivity index (χ0v) is 11.0. The van der Waals surface area contributed by atoms with E-state index in [0.29, 0.717) is 24.4 Å². The predicted octanol–water partition coefficient (Wildman–Crippen LogP) is 1.42. The highest BCUT2D eigenvalue weighted by atomic mass is 16.3. The molecule has 0 aliphatic heterocycles. The Morgan fingerprint density at radius 2 is 2.05 bits per heavy atom. The third-order valence-corrected chi connectivity index (χ3v) is 2.94. The fourth-order valence-electron chi connectivity index (χ4n) is 1.91. The van der Waals surface area contributed by atoms with Gasteiger partial charge in [-0.3, -0.25) is 15.1 Å². The van der Waals surface area contributed by atoms with Crippen LogP contribution in [0.5, 0.6) is 0 Å². The van der Waals surface area contributed by atoms with Crippen molar-refractivity contribution >= 4 is 5.91 Å². The quantitative estimate of drug-likeness (QED) is 0.484. The zero-order valence-electron chi connectivity index (χ0n) is 11.0. The first-order valence-electron chi connectivity index (χ1n) is 5.90. The fourth-order valence-corrected chi connectivity index (χ4v) is 1.91. The summed E-state index contributed by atoms with van der Waals surface area (Å²) in [6.07, 6.45) is 3.15. The lowest BCUT2D eigenvalue weighted by molar-refractivity contribution is 0.0950. The maximum atomic E-state index is 11.5. The first kappa shape index (κ1) is 13.4. The largest absolute Gasteiger partial charge is 0.469 e. The molecule has 3 N–H and O–H groups in total. The number of hydrogen-bond acceptors (Lipinski definition) is 5. The van der Waals surface area contributed by atoms with Crippen molar-refractivity contribution in [3.8, 4) is 0 Å². The molecule has 0 fully saturated rings. The number of nitrogens with two attached hydrogens (primary N) is 1.